The number of anilines is 1. The number of nitrogens with one attached hydrogen (secondary N) is 2. The van der Waals surface area contributed by atoms with Gasteiger partial charge in [0.15, 0.2) is 5.82 Å². The lowest BCUT2D eigenvalue weighted by molar-refractivity contribution is -0.00488. The molecule has 1 aromatic carbocycles. The smallest absolute Gasteiger partial charge is 0.410 e. The second-order valence-electron chi connectivity index (χ2n) is 10.3. The third kappa shape index (κ3) is 6.64. The minimum atomic E-state index is -0.669. The molecule has 1 fully saturated rings. The number of hydrogen-bond donors (Lipinski definition) is 2. The van der Waals surface area contributed by atoms with Crippen LogP contribution in [0.5, 0.6) is 0 Å². The fourth-order valence-electron chi connectivity index (χ4n) is 4.08. The molecule has 1 aliphatic rings. The second kappa shape index (κ2) is 11.2. The number of aryl methyl sites for hydroxylation is 1. The van der Waals surface area contributed by atoms with Crippen molar-refractivity contribution in [1.82, 2.24) is 25.0 Å². The van der Waals surface area contributed by atoms with Gasteiger partial charge in [-0.05, 0) is 57.4 Å². The zero-order valence-electron chi connectivity index (χ0n) is 21.9. The van der Waals surface area contributed by atoms with Crippen LogP contribution in [-0.4, -0.2) is 62.9 Å². The first-order chi connectivity index (χ1) is 18.0. The summed E-state index contributed by atoms with van der Waals surface area (Å²) in [5, 5.41) is 9.97. The molecule has 9 nitrogen and oxygen atoms in total. The van der Waals surface area contributed by atoms with Gasteiger partial charge in [-0.25, -0.2) is 18.6 Å². The summed E-state index contributed by atoms with van der Waals surface area (Å²) in [6.45, 7) is 6.44. The first-order valence-electron chi connectivity index (χ1n) is 12.5. The van der Waals surface area contributed by atoms with E-state index in [4.69, 9.17) is 4.74 Å². The van der Waals surface area contributed by atoms with E-state index in [1.807, 2.05) is 0 Å². The van der Waals surface area contributed by atoms with Gasteiger partial charge in [-0.15, -0.1) is 0 Å². The van der Waals surface area contributed by atoms with Crippen LogP contribution in [0.3, 0.4) is 0 Å². The van der Waals surface area contributed by atoms with Crippen molar-refractivity contribution >= 4 is 17.8 Å². The molecule has 0 aliphatic carbocycles. The Labute approximate surface area is 220 Å². The summed E-state index contributed by atoms with van der Waals surface area (Å²) < 4.78 is 35.6. The molecule has 4 rings (SSSR count). The van der Waals surface area contributed by atoms with Gasteiger partial charge < -0.3 is 20.3 Å². The molecule has 38 heavy (non-hydrogen) atoms. The fraction of sp³-hybridized carbons (Fsp3) is 0.407. The van der Waals surface area contributed by atoms with Crippen LogP contribution in [0, 0.1) is 11.6 Å². The molecular formula is C27H32F2N6O3. The number of pyridine rings is 1. The van der Waals surface area contributed by atoms with Gasteiger partial charge in [0.25, 0.3) is 5.91 Å². The van der Waals surface area contributed by atoms with E-state index in [0.29, 0.717) is 31.5 Å². The maximum atomic E-state index is 15.1. The lowest BCUT2D eigenvalue weighted by Crippen LogP contribution is -2.57. The average molecular weight is 527 g/mol. The van der Waals surface area contributed by atoms with Crippen LogP contribution >= 0.6 is 0 Å². The fourth-order valence-corrected chi connectivity index (χ4v) is 4.08. The van der Waals surface area contributed by atoms with Crippen LogP contribution in [0.15, 0.2) is 42.7 Å². The number of hydrogen-bond acceptors (Lipinski definition) is 6. The Kier molecular flexibility index (Phi) is 7.94. The monoisotopic (exact) mass is 526 g/mol. The number of aromatic nitrogens is 3. The standard InChI is InChI=1S/C27H32F2N6O3/c1-27(2,3)38-26(37)35-11-9-20(35)15-31-25(36)21-13-22(29)23(18-14-32-34(4)16-18)33-24(21)30-10-8-17-6-5-7-19(28)12-17/h5-7,12-14,16,20H,8-11,15H2,1-4H3,(H,30,33)(H,31,36). The molecule has 202 valence electrons. The minimum absolute atomic E-state index is 0.0255. The Morgan fingerprint density at radius 2 is 2.00 bits per heavy atom. The Morgan fingerprint density at radius 3 is 2.63 bits per heavy atom. The molecule has 1 unspecified atom stereocenters. The van der Waals surface area contributed by atoms with Crippen molar-refractivity contribution in [3.05, 3.63) is 65.5 Å². The van der Waals surface area contributed by atoms with Crippen LogP contribution < -0.4 is 10.6 Å². The third-order valence-electron chi connectivity index (χ3n) is 6.06. The molecule has 3 aromatic rings. The zero-order valence-corrected chi connectivity index (χ0v) is 21.9. The van der Waals surface area contributed by atoms with Gasteiger partial charge in [-0.2, -0.15) is 5.10 Å². The highest BCUT2D eigenvalue weighted by Gasteiger charge is 2.35. The maximum absolute atomic E-state index is 15.1. The quantitative estimate of drug-likeness (QED) is 0.457. The van der Waals surface area contributed by atoms with Gasteiger partial charge in [0.1, 0.15) is 22.9 Å². The van der Waals surface area contributed by atoms with Gasteiger partial charge in [0.2, 0.25) is 0 Å². The number of rotatable bonds is 8. The lowest BCUT2D eigenvalue weighted by atomic mass is 10.0. The summed E-state index contributed by atoms with van der Waals surface area (Å²) in [5.74, 6) is -1.34. The van der Waals surface area contributed by atoms with Crippen molar-refractivity contribution in [3.63, 3.8) is 0 Å². The van der Waals surface area contributed by atoms with Crippen molar-refractivity contribution in [2.24, 2.45) is 7.05 Å². The van der Waals surface area contributed by atoms with Gasteiger partial charge in [0, 0.05) is 38.4 Å². The maximum Gasteiger partial charge on any atom is 0.410 e. The summed E-state index contributed by atoms with van der Waals surface area (Å²) in [4.78, 5) is 31.5. The Morgan fingerprint density at radius 1 is 1.21 bits per heavy atom. The van der Waals surface area contributed by atoms with E-state index in [-0.39, 0.29) is 35.5 Å². The van der Waals surface area contributed by atoms with Gasteiger partial charge in [0.05, 0.1) is 17.8 Å². The predicted molar refractivity (Wildman–Crippen MR) is 139 cm³/mol. The molecule has 11 heteroatoms. The van der Waals surface area contributed by atoms with Crippen molar-refractivity contribution < 1.29 is 23.1 Å². The Balaban J connectivity index is 1.49. The molecule has 0 bridgehead atoms. The number of ether oxygens (including phenoxy) is 1. The molecule has 0 radical (unpaired) electrons. The van der Waals surface area contributed by atoms with Crippen molar-refractivity contribution in [3.8, 4) is 11.3 Å². The van der Waals surface area contributed by atoms with E-state index in [1.54, 1.807) is 51.0 Å². The molecule has 3 heterocycles. The number of likely N-dealkylation sites (tertiary alicyclic amines) is 1. The minimum Gasteiger partial charge on any atom is -0.444 e. The van der Waals surface area contributed by atoms with E-state index in [1.165, 1.54) is 23.0 Å². The van der Waals surface area contributed by atoms with Crippen LogP contribution in [0.1, 0.15) is 43.1 Å². The molecule has 1 atom stereocenters. The largest absolute Gasteiger partial charge is 0.444 e. The summed E-state index contributed by atoms with van der Waals surface area (Å²) in [5.41, 5.74) is 0.694. The van der Waals surface area contributed by atoms with Crippen LogP contribution in [0.25, 0.3) is 11.3 Å². The number of amides is 2. The van der Waals surface area contributed by atoms with Crippen molar-refractivity contribution in [2.45, 2.75) is 45.3 Å². The topological polar surface area (TPSA) is 101 Å². The summed E-state index contributed by atoms with van der Waals surface area (Å²) in [7, 11) is 1.71. The van der Waals surface area contributed by atoms with Gasteiger partial charge in [-0.1, -0.05) is 12.1 Å². The molecule has 1 aliphatic heterocycles. The van der Waals surface area contributed by atoms with Crippen LogP contribution in [0.2, 0.25) is 0 Å². The summed E-state index contributed by atoms with van der Waals surface area (Å²) in [6, 6.07) is 7.15. The number of carbonyl (C=O) groups is 2. The lowest BCUT2D eigenvalue weighted by Gasteiger charge is -2.41. The van der Waals surface area contributed by atoms with E-state index >= 15 is 4.39 Å². The van der Waals surface area contributed by atoms with E-state index in [0.717, 1.165) is 11.6 Å². The number of carbonyl (C=O) groups excluding carboxylic acids is 2. The highest BCUT2D eigenvalue weighted by atomic mass is 19.1. The van der Waals surface area contributed by atoms with Crippen LogP contribution in [-0.2, 0) is 18.2 Å². The summed E-state index contributed by atoms with van der Waals surface area (Å²) >= 11 is 0. The van der Waals surface area contributed by atoms with E-state index in [9.17, 15) is 14.0 Å². The van der Waals surface area contributed by atoms with Crippen LogP contribution in [0.4, 0.5) is 19.4 Å². The molecule has 2 N–H and O–H groups in total. The molecule has 1 saturated heterocycles. The third-order valence-corrected chi connectivity index (χ3v) is 6.06. The number of benzene rings is 1. The Hall–Kier alpha value is -4.02. The zero-order chi connectivity index (χ0) is 27.4. The molecule has 0 saturated carbocycles. The predicted octanol–water partition coefficient (Wildman–Crippen LogP) is 4.15. The highest BCUT2D eigenvalue weighted by Crippen LogP contribution is 2.26. The van der Waals surface area contributed by atoms with E-state index in [2.05, 4.69) is 20.7 Å². The Bertz CT molecular complexity index is 1320. The molecule has 2 aromatic heterocycles. The first-order valence-corrected chi connectivity index (χ1v) is 12.5. The number of nitrogens with zero attached hydrogens (tertiary/aromatic N) is 4. The molecular weight excluding hydrogens is 494 g/mol. The molecule has 0 spiro atoms. The summed E-state index contributed by atoms with van der Waals surface area (Å²) in [6.07, 6.45) is 3.86. The van der Waals surface area contributed by atoms with Crippen molar-refractivity contribution in [1.29, 1.82) is 0 Å². The average Bonchev–Trinajstić information content (AvgIpc) is 3.23. The molecule has 2 amide bonds. The highest BCUT2D eigenvalue weighted by molar-refractivity contribution is 5.99. The first kappa shape index (κ1) is 27.0. The van der Waals surface area contributed by atoms with Crippen molar-refractivity contribution in [2.75, 3.05) is 25.0 Å². The second-order valence-corrected chi connectivity index (χ2v) is 10.3. The van der Waals surface area contributed by atoms with Gasteiger partial charge in [-0.3, -0.25) is 9.48 Å². The number of halogens is 2. The SMILES string of the molecule is Cn1cc(-c2nc(NCCc3cccc(F)c3)c(C(=O)NCC3CCN3C(=O)OC(C)(C)C)cc2F)cn1. The normalized spacial score (nSPS) is 15.1. The van der Waals surface area contributed by atoms with Gasteiger partial charge >= 0.3 is 6.09 Å². The van der Waals surface area contributed by atoms with E-state index < -0.39 is 23.4 Å².